The minimum absolute atomic E-state index is 1.72. The molecule has 0 aromatic carbocycles. The highest BCUT2D eigenvalue weighted by Crippen LogP contribution is 1.42. The fourth-order valence-electron chi connectivity index (χ4n) is 0. The van der Waals surface area contributed by atoms with E-state index < -0.39 is 6.16 Å². The second kappa shape index (κ2) is 8.84. The Balaban J connectivity index is 0. The Morgan fingerprint density at radius 2 is 1.33 bits per heavy atom. The van der Waals surface area contributed by atoms with Crippen molar-refractivity contribution < 1.29 is 19.6 Å². The molecular weight excluding hydrogens is 107 g/mol. The molecule has 0 aromatic heterocycles. The number of carboxylic acid groups (broad SMARTS) is 2. The van der Waals surface area contributed by atoms with Crippen molar-refractivity contribution in [2.24, 2.45) is 0 Å². The van der Waals surface area contributed by atoms with Crippen LogP contribution in [0.4, 0.5) is 4.79 Å². The Kier molecular flexibility index (Phi) is 13.3. The molecule has 4 nitrogen and oxygen atoms in total. The normalized spacial score (nSPS) is 4.67. The van der Waals surface area contributed by atoms with E-state index in [1.165, 1.54) is 0 Å². The quantitative estimate of drug-likeness (QED) is 0.450. The van der Waals surface area contributed by atoms with Gasteiger partial charge in [0, 0.05) is 0 Å². The predicted molar refractivity (Wildman–Crippen MR) is 19.7 cm³/mol. The van der Waals surface area contributed by atoms with Gasteiger partial charge in [-0.1, -0.05) is 0 Å². The van der Waals surface area contributed by atoms with Crippen LogP contribution in [-0.2, 0) is 4.57 Å². The van der Waals surface area contributed by atoms with Crippen LogP contribution in [0.3, 0.4) is 0 Å². The molecular formula is CH3O4P. The van der Waals surface area contributed by atoms with Crippen LogP contribution < -0.4 is 0 Å². The molecule has 36 valence electrons. The predicted octanol–water partition coefficient (Wildman–Crippen LogP) is 0.697. The number of hydrogen-bond acceptors (Lipinski definition) is 2. The summed E-state index contributed by atoms with van der Waals surface area (Å²) < 4.78 is 8.06. The molecule has 0 aliphatic heterocycles. The minimum Gasteiger partial charge on any atom is -0.450 e. The van der Waals surface area contributed by atoms with E-state index in [0.29, 0.717) is 0 Å². The second-order valence-corrected chi connectivity index (χ2v) is 0.283. The lowest BCUT2D eigenvalue weighted by Crippen LogP contribution is -1.81. The summed E-state index contributed by atoms with van der Waals surface area (Å²) in [6, 6.07) is 0. The maximum absolute atomic E-state index is 8.56. The highest BCUT2D eigenvalue weighted by atomic mass is 31.0. The first-order chi connectivity index (χ1) is 2.73. The molecule has 0 rings (SSSR count). The summed E-state index contributed by atoms with van der Waals surface area (Å²) in [6.07, 6.45) is -1.83. The van der Waals surface area contributed by atoms with E-state index in [9.17, 15) is 0 Å². The Morgan fingerprint density at radius 3 is 1.33 bits per heavy atom. The maximum atomic E-state index is 8.56. The SMILES string of the molecule is O=C(O)O.O=P. The Hall–Kier alpha value is -0.630. The Morgan fingerprint density at radius 1 is 1.33 bits per heavy atom. The first-order valence-corrected chi connectivity index (χ1v) is 1.26. The lowest BCUT2D eigenvalue weighted by Gasteiger charge is -1.60. The summed E-state index contributed by atoms with van der Waals surface area (Å²) in [6.45, 7) is 0. The van der Waals surface area contributed by atoms with Gasteiger partial charge in [-0.15, -0.1) is 0 Å². The van der Waals surface area contributed by atoms with Gasteiger partial charge in [-0.3, -0.25) is 4.57 Å². The van der Waals surface area contributed by atoms with Gasteiger partial charge < -0.3 is 10.2 Å². The van der Waals surface area contributed by atoms with E-state index in [0.717, 1.165) is 0 Å². The zero-order valence-electron chi connectivity index (χ0n) is 2.71. The summed E-state index contributed by atoms with van der Waals surface area (Å²) >= 11 is 0. The zero-order valence-corrected chi connectivity index (χ0v) is 3.71. The first-order valence-electron chi connectivity index (χ1n) is 0.855. The van der Waals surface area contributed by atoms with E-state index in [1.807, 2.05) is 0 Å². The van der Waals surface area contributed by atoms with Crippen molar-refractivity contribution in [2.75, 3.05) is 0 Å². The van der Waals surface area contributed by atoms with Crippen LogP contribution in [0.5, 0.6) is 0 Å². The zero-order chi connectivity index (χ0) is 5.58. The number of hydrogen-bond donors (Lipinski definition) is 2. The molecule has 0 unspecified atom stereocenters. The van der Waals surface area contributed by atoms with Crippen molar-refractivity contribution in [1.82, 2.24) is 0 Å². The summed E-state index contributed by atoms with van der Waals surface area (Å²) in [5, 5.41) is 13.9. The van der Waals surface area contributed by atoms with Crippen molar-refractivity contribution in [2.45, 2.75) is 0 Å². The van der Waals surface area contributed by atoms with Gasteiger partial charge >= 0.3 is 6.16 Å². The van der Waals surface area contributed by atoms with Gasteiger partial charge in [0.2, 0.25) is 0 Å². The molecule has 0 aliphatic rings. The summed E-state index contributed by atoms with van der Waals surface area (Å²) in [4.78, 5) is 8.56. The average molecular weight is 110 g/mol. The van der Waals surface area contributed by atoms with E-state index in [-0.39, 0.29) is 0 Å². The van der Waals surface area contributed by atoms with Crippen molar-refractivity contribution in [3.8, 4) is 0 Å². The van der Waals surface area contributed by atoms with Gasteiger partial charge in [0.15, 0.2) is 0 Å². The molecule has 6 heavy (non-hydrogen) atoms. The third-order valence-corrected chi connectivity index (χ3v) is 0. The molecule has 2 N–H and O–H groups in total. The van der Waals surface area contributed by atoms with Gasteiger partial charge in [0.1, 0.15) is 9.12 Å². The highest BCUT2D eigenvalue weighted by Gasteiger charge is 1.70. The molecule has 0 bridgehead atoms. The molecule has 0 fully saturated rings. The van der Waals surface area contributed by atoms with Crippen LogP contribution in [0, 0.1) is 0 Å². The monoisotopic (exact) mass is 110 g/mol. The van der Waals surface area contributed by atoms with Crippen LogP contribution in [0.1, 0.15) is 0 Å². The molecule has 0 saturated heterocycles. The van der Waals surface area contributed by atoms with Gasteiger partial charge in [0.05, 0.1) is 0 Å². The molecule has 0 heterocycles. The van der Waals surface area contributed by atoms with Crippen molar-refractivity contribution in [3.63, 3.8) is 0 Å². The van der Waals surface area contributed by atoms with Crippen molar-refractivity contribution >= 4 is 15.3 Å². The molecule has 0 aromatic rings. The maximum Gasteiger partial charge on any atom is 0.503 e. The van der Waals surface area contributed by atoms with E-state index in [2.05, 4.69) is 0 Å². The van der Waals surface area contributed by atoms with Gasteiger partial charge in [-0.2, -0.15) is 0 Å². The second-order valence-electron chi connectivity index (χ2n) is 0.283. The van der Waals surface area contributed by atoms with Gasteiger partial charge in [-0.25, -0.2) is 4.79 Å². The van der Waals surface area contributed by atoms with E-state index in [4.69, 9.17) is 19.6 Å². The number of rotatable bonds is 0. The molecule has 0 radical (unpaired) electrons. The van der Waals surface area contributed by atoms with Crippen molar-refractivity contribution in [1.29, 1.82) is 0 Å². The average Bonchev–Trinajstić information content (AvgIpc) is 1.41. The standard InChI is InChI=1S/CH2O3.HOP/c2-1(3)4;1-2/h(H2,2,3,4);2H. The molecule has 5 heteroatoms. The molecule has 0 aliphatic carbocycles. The van der Waals surface area contributed by atoms with Gasteiger partial charge in [-0.05, 0) is 0 Å². The molecule has 0 amide bonds. The van der Waals surface area contributed by atoms with Gasteiger partial charge in [0.25, 0.3) is 0 Å². The summed E-state index contributed by atoms with van der Waals surface area (Å²) in [5.74, 6) is 0. The largest absolute Gasteiger partial charge is 0.503 e. The third kappa shape index (κ3) is 47.7. The molecule has 0 saturated carbocycles. The number of carbonyl (C=O) groups is 1. The minimum atomic E-state index is -1.83. The van der Waals surface area contributed by atoms with Crippen LogP contribution in [0.2, 0.25) is 0 Å². The van der Waals surface area contributed by atoms with Crippen LogP contribution >= 0.6 is 9.12 Å². The fourth-order valence-corrected chi connectivity index (χ4v) is 0. The summed E-state index contributed by atoms with van der Waals surface area (Å²) in [5.41, 5.74) is 0. The Bertz CT molecular complexity index is 38.8. The van der Waals surface area contributed by atoms with Crippen LogP contribution in [0.25, 0.3) is 0 Å². The van der Waals surface area contributed by atoms with Crippen LogP contribution in [0.15, 0.2) is 0 Å². The highest BCUT2D eigenvalue weighted by molar-refractivity contribution is 7.00. The summed E-state index contributed by atoms with van der Waals surface area (Å²) in [7, 11) is 1.72. The molecule has 0 spiro atoms. The topological polar surface area (TPSA) is 74.6 Å². The van der Waals surface area contributed by atoms with E-state index >= 15 is 0 Å². The lowest BCUT2D eigenvalue weighted by atomic mass is 11.5. The van der Waals surface area contributed by atoms with E-state index in [1.54, 1.807) is 9.12 Å². The smallest absolute Gasteiger partial charge is 0.450 e. The van der Waals surface area contributed by atoms with Crippen LogP contribution in [-0.4, -0.2) is 16.4 Å². The van der Waals surface area contributed by atoms with Crippen molar-refractivity contribution in [3.05, 3.63) is 0 Å². The molecule has 0 atom stereocenters. The lowest BCUT2D eigenvalue weighted by molar-refractivity contribution is 0.137. The third-order valence-electron chi connectivity index (χ3n) is 0. The fraction of sp³-hybridized carbons (Fsp3) is 0. The first kappa shape index (κ1) is 9.03. The Labute approximate surface area is 36.0 Å².